The van der Waals surface area contributed by atoms with Gasteiger partial charge in [-0.15, -0.1) is 11.3 Å². The van der Waals surface area contributed by atoms with E-state index in [4.69, 9.17) is 0 Å². The molecule has 1 aromatic carbocycles. The smallest absolute Gasteiger partial charge is 0.273 e. The highest BCUT2D eigenvalue weighted by molar-refractivity contribution is 7.14. The minimum atomic E-state index is -0.194. The Labute approximate surface area is 127 Å². The lowest BCUT2D eigenvalue weighted by molar-refractivity contribution is -0.114. The first-order chi connectivity index (χ1) is 10.1. The molecule has 5 nitrogen and oxygen atoms in total. The van der Waals surface area contributed by atoms with Crippen LogP contribution in [0, 0.1) is 0 Å². The number of carbonyl (C=O) groups excluding carboxylic acids is 2. The molecule has 2 amide bonds. The van der Waals surface area contributed by atoms with Gasteiger partial charge < -0.3 is 10.2 Å². The Balaban J connectivity index is 2.09. The number of anilines is 1. The van der Waals surface area contributed by atoms with Crippen LogP contribution in [0.15, 0.2) is 35.7 Å². The minimum Gasteiger partial charge on any atom is -0.333 e. The van der Waals surface area contributed by atoms with Gasteiger partial charge in [0.15, 0.2) is 5.13 Å². The fraction of sp³-hybridized carbons (Fsp3) is 0.267. The van der Waals surface area contributed by atoms with E-state index >= 15 is 0 Å². The summed E-state index contributed by atoms with van der Waals surface area (Å²) >= 11 is 1.25. The van der Waals surface area contributed by atoms with Crippen molar-refractivity contribution < 1.29 is 9.59 Å². The molecule has 0 unspecified atom stereocenters. The first-order valence-corrected chi connectivity index (χ1v) is 7.54. The average Bonchev–Trinajstić information content (AvgIpc) is 2.92. The Morgan fingerprint density at radius 1 is 1.29 bits per heavy atom. The van der Waals surface area contributed by atoms with Crippen molar-refractivity contribution in [3.8, 4) is 0 Å². The van der Waals surface area contributed by atoms with Gasteiger partial charge in [-0.3, -0.25) is 9.59 Å². The SMILES string of the molecule is CCN(Cc1ccccc1)C(=O)c1csc(NC(C)=O)n1. The first-order valence-electron chi connectivity index (χ1n) is 6.66. The highest BCUT2D eigenvalue weighted by Gasteiger charge is 2.18. The van der Waals surface area contributed by atoms with Gasteiger partial charge in [0.05, 0.1) is 0 Å². The largest absolute Gasteiger partial charge is 0.333 e. The van der Waals surface area contributed by atoms with Crippen molar-refractivity contribution in [3.63, 3.8) is 0 Å². The maximum atomic E-state index is 12.4. The predicted octanol–water partition coefficient (Wildman–Crippen LogP) is 2.76. The van der Waals surface area contributed by atoms with Crippen LogP contribution in [0.5, 0.6) is 0 Å². The second-order valence-electron chi connectivity index (χ2n) is 4.52. The molecule has 0 radical (unpaired) electrons. The topological polar surface area (TPSA) is 62.3 Å². The van der Waals surface area contributed by atoms with Gasteiger partial charge in [-0.25, -0.2) is 4.98 Å². The summed E-state index contributed by atoms with van der Waals surface area (Å²) in [6, 6.07) is 9.82. The van der Waals surface area contributed by atoms with Crippen LogP contribution in [-0.2, 0) is 11.3 Å². The van der Waals surface area contributed by atoms with Gasteiger partial charge in [-0.2, -0.15) is 0 Å². The normalized spacial score (nSPS) is 10.2. The maximum absolute atomic E-state index is 12.4. The molecule has 6 heteroatoms. The second-order valence-corrected chi connectivity index (χ2v) is 5.38. The van der Waals surface area contributed by atoms with Crippen LogP contribution in [-0.4, -0.2) is 28.2 Å². The van der Waals surface area contributed by atoms with Crippen LogP contribution in [0.3, 0.4) is 0 Å². The molecule has 2 rings (SSSR count). The summed E-state index contributed by atoms with van der Waals surface area (Å²) in [5.74, 6) is -0.325. The number of thiazole rings is 1. The number of hydrogen-bond donors (Lipinski definition) is 1. The summed E-state index contributed by atoms with van der Waals surface area (Å²) < 4.78 is 0. The number of rotatable bonds is 5. The number of benzene rings is 1. The third kappa shape index (κ3) is 4.13. The van der Waals surface area contributed by atoms with Crippen LogP contribution in [0.4, 0.5) is 5.13 Å². The fourth-order valence-electron chi connectivity index (χ4n) is 1.87. The quantitative estimate of drug-likeness (QED) is 0.924. The van der Waals surface area contributed by atoms with Crippen LogP contribution in [0.2, 0.25) is 0 Å². The van der Waals surface area contributed by atoms with E-state index in [0.717, 1.165) is 5.56 Å². The van der Waals surface area contributed by atoms with Crippen LogP contribution < -0.4 is 5.32 Å². The van der Waals surface area contributed by atoms with Crippen molar-refractivity contribution in [2.45, 2.75) is 20.4 Å². The molecule has 1 aromatic heterocycles. The summed E-state index contributed by atoms with van der Waals surface area (Å²) in [5.41, 5.74) is 1.44. The molecule has 0 fully saturated rings. The zero-order valence-electron chi connectivity index (χ0n) is 12.0. The van der Waals surface area contributed by atoms with E-state index in [9.17, 15) is 9.59 Å². The summed E-state index contributed by atoms with van der Waals surface area (Å²) in [4.78, 5) is 29.3. The van der Waals surface area contributed by atoms with Crippen molar-refractivity contribution in [1.82, 2.24) is 9.88 Å². The Hall–Kier alpha value is -2.21. The van der Waals surface area contributed by atoms with E-state index in [1.54, 1.807) is 10.3 Å². The number of hydrogen-bond acceptors (Lipinski definition) is 4. The van der Waals surface area contributed by atoms with E-state index in [1.807, 2.05) is 37.3 Å². The lowest BCUT2D eigenvalue weighted by Crippen LogP contribution is -2.30. The van der Waals surface area contributed by atoms with Crippen molar-refractivity contribution in [2.75, 3.05) is 11.9 Å². The standard InChI is InChI=1S/C15H17N3O2S/c1-3-18(9-12-7-5-4-6-8-12)14(20)13-10-21-15(17-13)16-11(2)19/h4-8,10H,3,9H2,1-2H3,(H,16,17,19). The number of nitrogens with zero attached hydrogens (tertiary/aromatic N) is 2. The predicted molar refractivity (Wildman–Crippen MR) is 83.3 cm³/mol. The van der Waals surface area contributed by atoms with Gasteiger partial charge >= 0.3 is 0 Å². The van der Waals surface area contributed by atoms with Gasteiger partial charge in [0, 0.05) is 25.4 Å². The Kier molecular flexibility index (Phi) is 5.05. The van der Waals surface area contributed by atoms with Gasteiger partial charge in [0.1, 0.15) is 5.69 Å². The number of carbonyl (C=O) groups is 2. The molecular formula is C15H17N3O2S. The van der Waals surface area contributed by atoms with E-state index in [-0.39, 0.29) is 11.8 Å². The lowest BCUT2D eigenvalue weighted by atomic mass is 10.2. The highest BCUT2D eigenvalue weighted by Crippen LogP contribution is 2.17. The molecule has 0 aliphatic rings. The van der Waals surface area contributed by atoms with E-state index < -0.39 is 0 Å². The molecule has 0 saturated heterocycles. The second kappa shape index (κ2) is 6.99. The van der Waals surface area contributed by atoms with Crippen molar-refractivity contribution in [2.24, 2.45) is 0 Å². The molecule has 0 atom stereocenters. The third-order valence-corrected chi connectivity index (χ3v) is 3.65. The van der Waals surface area contributed by atoms with Gasteiger partial charge in [0.2, 0.25) is 5.91 Å². The number of amides is 2. The minimum absolute atomic E-state index is 0.130. The van der Waals surface area contributed by atoms with Gasteiger partial charge in [-0.1, -0.05) is 30.3 Å². The van der Waals surface area contributed by atoms with Gasteiger partial charge in [-0.05, 0) is 12.5 Å². The Morgan fingerprint density at radius 2 is 2.00 bits per heavy atom. The molecule has 0 aliphatic heterocycles. The average molecular weight is 303 g/mol. The summed E-state index contributed by atoms with van der Waals surface area (Å²) in [5, 5.41) is 4.70. The zero-order valence-corrected chi connectivity index (χ0v) is 12.8. The molecule has 0 bridgehead atoms. The van der Waals surface area contributed by atoms with E-state index in [2.05, 4.69) is 10.3 Å². The molecule has 0 saturated carbocycles. The van der Waals surface area contributed by atoms with Crippen LogP contribution >= 0.6 is 11.3 Å². The molecule has 2 aromatic rings. The fourth-order valence-corrected chi connectivity index (χ4v) is 2.60. The molecule has 0 aliphatic carbocycles. The molecule has 21 heavy (non-hydrogen) atoms. The van der Waals surface area contributed by atoms with Crippen LogP contribution in [0.25, 0.3) is 0 Å². The first kappa shape index (κ1) is 15.2. The van der Waals surface area contributed by atoms with Crippen molar-refractivity contribution in [1.29, 1.82) is 0 Å². The summed E-state index contributed by atoms with van der Waals surface area (Å²) in [7, 11) is 0. The molecule has 110 valence electrons. The van der Waals surface area contributed by atoms with Crippen molar-refractivity contribution in [3.05, 3.63) is 47.0 Å². The van der Waals surface area contributed by atoms with E-state index in [0.29, 0.717) is 23.9 Å². The maximum Gasteiger partial charge on any atom is 0.273 e. The Morgan fingerprint density at radius 3 is 2.62 bits per heavy atom. The molecule has 0 spiro atoms. The lowest BCUT2D eigenvalue weighted by Gasteiger charge is -2.19. The molecule has 1 heterocycles. The number of nitrogens with one attached hydrogen (secondary N) is 1. The Bertz CT molecular complexity index is 625. The monoisotopic (exact) mass is 303 g/mol. The van der Waals surface area contributed by atoms with E-state index in [1.165, 1.54) is 18.3 Å². The highest BCUT2D eigenvalue weighted by atomic mass is 32.1. The number of aromatic nitrogens is 1. The van der Waals surface area contributed by atoms with Crippen molar-refractivity contribution >= 4 is 28.3 Å². The van der Waals surface area contributed by atoms with Crippen LogP contribution in [0.1, 0.15) is 29.9 Å². The molecule has 1 N–H and O–H groups in total. The molecular weight excluding hydrogens is 286 g/mol. The van der Waals surface area contributed by atoms with Gasteiger partial charge in [0.25, 0.3) is 5.91 Å². The summed E-state index contributed by atoms with van der Waals surface area (Å²) in [6.45, 7) is 4.49. The zero-order chi connectivity index (χ0) is 15.2. The third-order valence-electron chi connectivity index (χ3n) is 2.89. The summed E-state index contributed by atoms with van der Waals surface area (Å²) in [6.07, 6.45) is 0.